The molecule has 0 saturated heterocycles. The number of ketones is 2. The summed E-state index contributed by atoms with van der Waals surface area (Å²) in [4.78, 5) is 25.2. The molecular formula is C16H8BrCl2NO3. The number of phenols is 1. The van der Waals surface area contributed by atoms with E-state index in [1.54, 1.807) is 18.2 Å². The molecule has 0 fully saturated rings. The Balaban J connectivity index is 2.29. The molecule has 1 aliphatic rings. The number of nitrogen functional groups attached to an aromatic ring is 1. The number of benzene rings is 2. The van der Waals surface area contributed by atoms with Crippen molar-refractivity contribution in [3.8, 4) is 5.75 Å². The first-order valence-electron chi connectivity index (χ1n) is 6.39. The van der Waals surface area contributed by atoms with Crippen molar-refractivity contribution in [3.63, 3.8) is 0 Å². The van der Waals surface area contributed by atoms with E-state index in [9.17, 15) is 14.7 Å². The highest BCUT2D eigenvalue weighted by molar-refractivity contribution is 9.10. The van der Waals surface area contributed by atoms with E-state index in [1.165, 1.54) is 12.1 Å². The fraction of sp³-hybridized carbons (Fsp3) is 0. The Morgan fingerprint density at radius 1 is 1.00 bits per heavy atom. The van der Waals surface area contributed by atoms with Crippen molar-refractivity contribution in [3.05, 3.63) is 61.5 Å². The first-order valence-corrected chi connectivity index (χ1v) is 7.94. The number of allylic oxidation sites excluding steroid dienone is 2. The molecular weight excluding hydrogens is 405 g/mol. The van der Waals surface area contributed by atoms with E-state index in [-0.39, 0.29) is 32.4 Å². The van der Waals surface area contributed by atoms with Crippen LogP contribution in [0.25, 0.3) is 5.57 Å². The summed E-state index contributed by atoms with van der Waals surface area (Å²) in [5.74, 6) is -1.61. The summed E-state index contributed by atoms with van der Waals surface area (Å²) < 4.78 is 0.725. The number of nitrogens with two attached hydrogens (primary N) is 1. The van der Waals surface area contributed by atoms with Crippen molar-refractivity contribution >= 4 is 62.0 Å². The van der Waals surface area contributed by atoms with Gasteiger partial charge in [-0.3, -0.25) is 9.59 Å². The predicted molar refractivity (Wildman–Crippen MR) is 93.1 cm³/mol. The fourth-order valence-corrected chi connectivity index (χ4v) is 3.47. The second kappa shape index (κ2) is 5.67. The Morgan fingerprint density at radius 3 is 2.30 bits per heavy atom. The van der Waals surface area contributed by atoms with E-state index in [2.05, 4.69) is 15.9 Å². The van der Waals surface area contributed by atoms with E-state index in [4.69, 9.17) is 28.9 Å². The van der Waals surface area contributed by atoms with Crippen LogP contribution in [-0.2, 0) is 0 Å². The van der Waals surface area contributed by atoms with Crippen molar-refractivity contribution in [1.82, 2.24) is 0 Å². The van der Waals surface area contributed by atoms with Crippen LogP contribution in [0.1, 0.15) is 26.3 Å². The molecule has 0 aliphatic heterocycles. The summed E-state index contributed by atoms with van der Waals surface area (Å²) in [5.41, 5.74) is 5.80. The first-order chi connectivity index (χ1) is 10.8. The highest BCUT2D eigenvalue weighted by Crippen LogP contribution is 2.41. The Labute approximate surface area is 149 Å². The van der Waals surface area contributed by atoms with Gasteiger partial charge in [0.2, 0.25) is 5.78 Å². The van der Waals surface area contributed by atoms with E-state index in [0.717, 1.165) is 4.47 Å². The predicted octanol–water partition coefficient (Wildman–Crippen LogP) is 4.42. The average molecular weight is 413 g/mol. The van der Waals surface area contributed by atoms with Crippen LogP contribution in [0, 0.1) is 0 Å². The normalized spacial score (nSPS) is 14.2. The number of Topliss-reactive ketones (excluding diaryl/α,β-unsaturated/α-hetero) is 2. The number of rotatable bonds is 1. The molecule has 2 aromatic carbocycles. The van der Waals surface area contributed by atoms with Gasteiger partial charge in [-0.15, -0.1) is 0 Å². The van der Waals surface area contributed by atoms with Crippen LogP contribution in [0.3, 0.4) is 0 Å². The molecule has 3 N–H and O–H groups in total. The molecule has 0 atom stereocenters. The van der Waals surface area contributed by atoms with Gasteiger partial charge in [-0.25, -0.2) is 0 Å². The number of phenolic OH excluding ortho intramolecular Hbond substituents is 1. The van der Waals surface area contributed by atoms with Crippen LogP contribution >= 0.6 is 39.1 Å². The summed E-state index contributed by atoms with van der Waals surface area (Å²) in [6, 6.07) is 7.63. The molecule has 0 bridgehead atoms. The summed E-state index contributed by atoms with van der Waals surface area (Å²) >= 11 is 15.6. The maximum absolute atomic E-state index is 12.8. The number of anilines is 1. The van der Waals surface area contributed by atoms with Gasteiger partial charge in [0.1, 0.15) is 10.8 Å². The first kappa shape index (κ1) is 16.1. The second-order valence-corrected chi connectivity index (χ2v) is 6.60. The van der Waals surface area contributed by atoms with Gasteiger partial charge in [-0.1, -0.05) is 45.2 Å². The lowest BCUT2D eigenvalue weighted by molar-refractivity contribution is 0.0995. The van der Waals surface area contributed by atoms with E-state index < -0.39 is 17.3 Å². The van der Waals surface area contributed by atoms with Crippen molar-refractivity contribution in [2.45, 2.75) is 0 Å². The van der Waals surface area contributed by atoms with Gasteiger partial charge in [0.15, 0.2) is 5.78 Å². The summed E-state index contributed by atoms with van der Waals surface area (Å²) in [7, 11) is 0. The lowest BCUT2D eigenvalue weighted by atomic mass is 9.85. The molecule has 1 aliphatic carbocycles. The molecule has 7 heteroatoms. The van der Waals surface area contributed by atoms with Crippen LogP contribution in [0.5, 0.6) is 5.75 Å². The zero-order valence-electron chi connectivity index (χ0n) is 11.4. The SMILES string of the molecule is Nc1ccc2c(c1O)C(=O)C(Cl)=C(c1ccc(Br)cc1Cl)C2=O. The smallest absolute Gasteiger partial charge is 0.209 e. The minimum absolute atomic E-state index is 0.000472. The van der Waals surface area contributed by atoms with Gasteiger partial charge in [-0.2, -0.15) is 0 Å². The largest absolute Gasteiger partial charge is 0.505 e. The van der Waals surface area contributed by atoms with E-state index in [0.29, 0.717) is 5.56 Å². The van der Waals surface area contributed by atoms with Crippen molar-refractivity contribution in [2.24, 2.45) is 0 Å². The maximum Gasteiger partial charge on any atom is 0.209 e. The van der Waals surface area contributed by atoms with Crippen LogP contribution < -0.4 is 5.73 Å². The molecule has 0 radical (unpaired) electrons. The van der Waals surface area contributed by atoms with Crippen LogP contribution in [0.15, 0.2) is 39.8 Å². The van der Waals surface area contributed by atoms with Crippen molar-refractivity contribution < 1.29 is 14.7 Å². The molecule has 3 rings (SSSR count). The van der Waals surface area contributed by atoms with E-state index >= 15 is 0 Å². The Morgan fingerprint density at radius 2 is 1.65 bits per heavy atom. The molecule has 0 aromatic heterocycles. The van der Waals surface area contributed by atoms with Gasteiger partial charge in [0, 0.05) is 20.6 Å². The third kappa shape index (κ3) is 2.45. The number of carbonyl (C=O) groups is 2. The summed E-state index contributed by atoms with van der Waals surface area (Å²) in [6.07, 6.45) is 0. The minimum atomic E-state index is -0.667. The van der Waals surface area contributed by atoms with Crippen LogP contribution in [-0.4, -0.2) is 16.7 Å². The third-order valence-corrected chi connectivity index (χ3v) is 4.69. The molecule has 0 heterocycles. The zero-order chi connectivity index (χ0) is 16.9. The van der Waals surface area contributed by atoms with Crippen molar-refractivity contribution in [1.29, 1.82) is 0 Å². The lowest BCUT2D eigenvalue weighted by Crippen LogP contribution is -2.20. The number of aromatic hydroxyl groups is 1. The maximum atomic E-state index is 12.8. The Hall–Kier alpha value is -1.82. The summed E-state index contributed by atoms with van der Waals surface area (Å²) in [6.45, 7) is 0. The zero-order valence-corrected chi connectivity index (χ0v) is 14.5. The second-order valence-electron chi connectivity index (χ2n) is 4.90. The van der Waals surface area contributed by atoms with Crippen LogP contribution in [0.4, 0.5) is 5.69 Å². The molecule has 4 nitrogen and oxygen atoms in total. The van der Waals surface area contributed by atoms with Gasteiger partial charge >= 0.3 is 0 Å². The number of halogens is 3. The molecule has 116 valence electrons. The molecule has 2 aromatic rings. The molecule has 0 spiro atoms. The topological polar surface area (TPSA) is 80.4 Å². The van der Waals surface area contributed by atoms with Crippen molar-refractivity contribution in [2.75, 3.05) is 5.73 Å². The van der Waals surface area contributed by atoms with Gasteiger partial charge in [0.25, 0.3) is 0 Å². The number of fused-ring (bicyclic) bond motifs is 1. The lowest BCUT2D eigenvalue weighted by Gasteiger charge is -2.20. The standard InChI is InChI=1S/C16H8BrCl2NO3/c17-6-1-2-7(9(18)5-6)11-13(19)16(23)12-8(14(11)21)3-4-10(20)15(12)22/h1-5,22H,20H2. The quantitative estimate of drug-likeness (QED) is 0.536. The van der Waals surface area contributed by atoms with E-state index in [1.807, 2.05) is 0 Å². The van der Waals surface area contributed by atoms with Gasteiger partial charge in [-0.05, 0) is 24.3 Å². The molecule has 0 unspecified atom stereocenters. The highest BCUT2D eigenvalue weighted by Gasteiger charge is 2.35. The van der Waals surface area contributed by atoms with Crippen LogP contribution in [0.2, 0.25) is 5.02 Å². The minimum Gasteiger partial charge on any atom is -0.505 e. The molecule has 23 heavy (non-hydrogen) atoms. The van der Waals surface area contributed by atoms with Gasteiger partial charge < -0.3 is 10.8 Å². The Kier molecular flexibility index (Phi) is 3.96. The average Bonchev–Trinajstić information content (AvgIpc) is 2.50. The third-order valence-electron chi connectivity index (χ3n) is 3.53. The number of hydrogen-bond acceptors (Lipinski definition) is 4. The molecule has 0 saturated carbocycles. The number of carbonyl (C=O) groups excluding carboxylic acids is 2. The highest BCUT2D eigenvalue weighted by atomic mass is 79.9. The number of hydrogen-bond donors (Lipinski definition) is 2. The Bertz CT molecular complexity index is 922. The van der Waals surface area contributed by atoms with Gasteiger partial charge in [0.05, 0.1) is 16.8 Å². The molecule has 0 amide bonds. The summed E-state index contributed by atoms with van der Waals surface area (Å²) in [5, 5.41) is 9.96. The monoisotopic (exact) mass is 411 g/mol. The fourth-order valence-electron chi connectivity index (χ4n) is 2.42.